The van der Waals surface area contributed by atoms with Gasteiger partial charge in [-0.1, -0.05) is 28.1 Å². The van der Waals surface area contributed by atoms with Crippen LogP contribution in [0.15, 0.2) is 57.9 Å². The summed E-state index contributed by atoms with van der Waals surface area (Å²) in [5.74, 6) is -2.03. The Bertz CT molecular complexity index is 1050. The highest BCUT2D eigenvalue weighted by Crippen LogP contribution is 2.22. The maximum Gasteiger partial charge on any atom is 0.326 e. The average Bonchev–Trinajstić information content (AvgIpc) is 2.97. The van der Waals surface area contributed by atoms with E-state index in [1.807, 2.05) is 0 Å². The van der Waals surface area contributed by atoms with Crippen LogP contribution in [0.1, 0.15) is 20.7 Å². The fourth-order valence-electron chi connectivity index (χ4n) is 2.81. The summed E-state index contributed by atoms with van der Waals surface area (Å²) in [6, 6.07) is 10.5. The molecule has 2 N–H and O–H groups in total. The molecular formula is C19H17BrN2O7S. The third kappa shape index (κ3) is 4.59. The molecule has 9 nitrogen and oxygen atoms in total. The van der Waals surface area contributed by atoms with Gasteiger partial charge in [0.1, 0.15) is 12.6 Å². The molecule has 2 aromatic rings. The predicted molar refractivity (Wildman–Crippen MR) is 108 cm³/mol. The van der Waals surface area contributed by atoms with E-state index in [9.17, 15) is 27.9 Å². The standard InChI is InChI=1S/C19H17BrN2O7S/c20-12-5-7-13(8-6-12)30(27,28)21-16(11-23)19(26)29-10-9-22-17(24)14-3-1-2-4-15(14)18(22)25/h1-8,16,21,23H,9-11H2/t16-/m0/s1. The number of hydrogen-bond donors (Lipinski definition) is 2. The fourth-order valence-corrected chi connectivity index (χ4v) is 4.25. The van der Waals surface area contributed by atoms with E-state index in [1.54, 1.807) is 12.1 Å². The lowest BCUT2D eigenvalue weighted by Gasteiger charge is -2.17. The molecule has 0 unspecified atom stereocenters. The minimum atomic E-state index is -4.08. The molecule has 0 aliphatic carbocycles. The molecule has 11 heteroatoms. The normalized spacial score (nSPS) is 14.5. The number of esters is 1. The number of nitrogens with zero attached hydrogens (tertiary/aromatic N) is 1. The summed E-state index contributed by atoms with van der Waals surface area (Å²) < 4.78 is 32.5. The average molecular weight is 497 g/mol. The number of nitrogens with one attached hydrogen (secondary N) is 1. The molecule has 0 saturated heterocycles. The van der Waals surface area contributed by atoms with Gasteiger partial charge in [0.25, 0.3) is 11.8 Å². The molecule has 0 spiro atoms. The van der Waals surface area contributed by atoms with E-state index >= 15 is 0 Å². The zero-order valence-electron chi connectivity index (χ0n) is 15.4. The SMILES string of the molecule is O=C(OCCN1C(=O)c2ccccc2C1=O)[C@H](CO)NS(=O)(=O)c1ccc(Br)cc1. The zero-order valence-corrected chi connectivity index (χ0v) is 17.9. The van der Waals surface area contributed by atoms with E-state index in [4.69, 9.17) is 4.74 Å². The summed E-state index contributed by atoms with van der Waals surface area (Å²) in [4.78, 5) is 37.6. The number of amides is 2. The van der Waals surface area contributed by atoms with Crippen molar-refractivity contribution in [3.63, 3.8) is 0 Å². The van der Waals surface area contributed by atoms with Gasteiger partial charge in [0.15, 0.2) is 0 Å². The number of benzene rings is 2. The van der Waals surface area contributed by atoms with Gasteiger partial charge < -0.3 is 9.84 Å². The molecule has 0 aromatic heterocycles. The van der Waals surface area contributed by atoms with Crippen molar-refractivity contribution in [3.05, 3.63) is 64.1 Å². The number of sulfonamides is 1. The highest BCUT2D eigenvalue weighted by Gasteiger charge is 2.35. The largest absolute Gasteiger partial charge is 0.463 e. The number of hydrogen-bond acceptors (Lipinski definition) is 7. The summed E-state index contributed by atoms with van der Waals surface area (Å²) in [5.41, 5.74) is 0.536. The van der Waals surface area contributed by atoms with Crippen LogP contribution in [0.3, 0.4) is 0 Å². The second-order valence-corrected chi connectivity index (χ2v) is 8.92. The minimum absolute atomic E-state index is 0.0945. The van der Waals surface area contributed by atoms with Crippen LogP contribution in [-0.2, 0) is 19.6 Å². The van der Waals surface area contributed by atoms with E-state index < -0.39 is 40.5 Å². The van der Waals surface area contributed by atoms with Crippen LogP contribution in [0.5, 0.6) is 0 Å². The molecule has 0 radical (unpaired) electrons. The number of carbonyl (C=O) groups is 3. The Kier molecular flexibility index (Phi) is 6.66. The quantitative estimate of drug-likeness (QED) is 0.410. The Morgan fingerprint density at radius 1 is 1.07 bits per heavy atom. The zero-order chi connectivity index (χ0) is 21.9. The Labute approximate surface area is 180 Å². The van der Waals surface area contributed by atoms with Crippen LogP contribution >= 0.6 is 15.9 Å². The van der Waals surface area contributed by atoms with Crippen molar-refractivity contribution in [1.29, 1.82) is 0 Å². The van der Waals surface area contributed by atoms with Crippen LogP contribution < -0.4 is 4.72 Å². The fraction of sp³-hybridized carbons (Fsp3) is 0.211. The Morgan fingerprint density at radius 2 is 1.63 bits per heavy atom. The summed E-state index contributed by atoms with van der Waals surface area (Å²) in [6.07, 6.45) is 0. The van der Waals surface area contributed by atoms with E-state index in [2.05, 4.69) is 20.7 Å². The summed E-state index contributed by atoms with van der Waals surface area (Å²) in [7, 11) is -4.08. The van der Waals surface area contributed by atoms with Gasteiger partial charge in [-0.05, 0) is 36.4 Å². The van der Waals surface area contributed by atoms with Gasteiger partial charge in [0.05, 0.1) is 29.2 Å². The molecule has 0 saturated carbocycles. The number of carbonyl (C=O) groups excluding carboxylic acids is 3. The van der Waals surface area contributed by atoms with Gasteiger partial charge in [-0.25, -0.2) is 8.42 Å². The minimum Gasteiger partial charge on any atom is -0.463 e. The predicted octanol–water partition coefficient (Wildman–Crippen LogP) is 0.928. The second kappa shape index (κ2) is 9.04. The Morgan fingerprint density at radius 3 is 2.17 bits per heavy atom. The third-order valence-corrected chi connectivity index (χ3v) is 6.34. The van der Waals surface area contributed by atoms with Gasteiger partial charge in [-0.2, -0.15) is 4.72 Å². The molecule has 30 heavy (non-hydrogen) atoms. The van der Waals surface area contributed by atoms with Gasteiger partial charge >= 0.3 is 5.97 Å². The summed E-state index contributed by atoms with van der Waals surface area (Å²) in [5, 5.41) is 9.41. The molecule has 1 atom stereocenters. The lowest BCUT2D eigenvalue weighted by Crippen LogP contribution is -2.45. The first-order valence-corrected chi connectivity index (χ1v) is 11.0. The van der Waals surface area contributed by atoms with Crippen molar-refractivity contribution in [2.75, 3.05) is 19.8 Å². The third-order valence-electron chi connectivity index (χ3n) is 4.33. The van der Waals surface area contributed by atoms with Crippen LogP contribution in [0.4, 0.5) is 0 Å². The molecule has 1 heterocycles. The van der Waals surface area contributed by atoms with Crippen molar-refractivity contribution < 1.29 is 32.6 Å². The number of aliphatic hydroxyl groups excluding tert-OH is 1. The van der Waals surface area contributed by atoms with E-state index in [1.165, 1.54) is 36.4 Å². The molecule has 2 aromatic carbocycles. The molecular weight excluding hydrogens is 480 g/mol. The maximum atomic E-state index is 12.4. The number of fused-ring (bicyclic) bond motifs is 1. The topological polar surface area (TPSA) is 130 Å². The highest BCUT2D eigenvalue weighted by molar-refractivity contribution is 9.10. The number of rotatable bonds is 8. The molecule has 3 rings (SSSR count). The first-order valence-electron chi connectivity index (χ1n) is 8.75. The maximum absolute atomic E-state index is 12.4. The first-order chi connectivity index (χ1) is 14.2. The molecule has 158 valence electrons. The van der Waals surface area contributed by atoms with Crippen molar-refractivity contribution in [2.45, 2.75) is 10.9 Å². The molecule has 2 amide bonds. The monoisotopic (exact) mass is 496 g/mol. The Balaban J connectivity index is 1.58. The molecule has 1 aliphatic rings. The molecule has 1 aliphatic heterocycles. The van der Waals surface area contributed by atoms with Gasteiger partial charge in [0, 0.05) is 4.47 Å². The van der Waals surface area contributed by atoms with Gasteiger partial charge in [-0.15, -0.1) is 0 Å². The number of imide groups is 1. The van der Waals surface area contributed by atoms with E-state index in [-0.39, 0.29) is 29.2 Å². The summed E-state index contributed by atoms with van der Waals surface area (Å²) in [6.45, 7) is -1.38. The molecule has 0 fully saturated rings. The van der Waals surface area contributed by atoms with Crippen LogP contribution in [0.25, 0.3) is 0 Å². The van der Waals surface area contributed by atoms with Crippen molar-refractivity contribution in [1.82, 2.24) is 9.62 Å². The van der Waals surface area contributed by atoms with Crippen molar-refractivity contribution >= 4 is 43.7 Å². The first kappa shape index (κ1) is 22.1. The second-order valence-electron chi connectivity index (χ2n) is 6.29. The van der Waals surface area contributed by atoms with Crippen LogP contribution in [0, 0.1) is 0 Å². The van der Waals surface area contributed by atoms with Crippen LogP contribution in [0.2, 0.25) is 0 Å². The van der Waals surface area contributed by atoms with Gasteiger partial charge in [-0.3, -0.25) is 19.3 Å². The van der Waals surface area contributed by atoms with E-state index in [0.29, 0.717) is 4.47 Å². The summed E-state index contributed by atoms with van der Waals surface area (Å²) >= 11 is 3.19. The number of ether oxygens (including phenoxy) is 1. The van der Waals surface area contributed by atoms with Crippen molar-refractivity contribution in [2.24, 2.45) is 0 Å². The Hall–Kier alpha value is -2.60. The lowest BCUT2D eigenvalue weighted by atomic mass is 10.1. The van der Waals surface area contributed by atoms with E-state index in [0.717, 1.165) is 4.90 Å². The van der Waals surface area contributed by atoms with Crippen molar-refractivity contribution in [3.8, 4) is 0 Å². The number of halogens is 1. The van der Waals surface area contributed by atoms with Gasteiger partial charge in [0.2, 0.25) is 10.0 Å². The lowest BCUT2D eigenvalue weighted by molar-refractivity contribution is -0.146. The number of aliphatic hydroxyl groups is 1. The highest BCUT2D eigenvalue weighted by atomic mass is 79.9. The smallest absolute Gasteiger partial charge is 0.326 e. The van der Waals surface area contributed by atoms with Crippen LogP contribution in [-0.4, -0.2) is 62.0 Å². The molecule has 0 bridgehead atoms.